The zero-order valence-corrected chi connectivity index (χ0v) is 8.20. The Morgan fingerprint density at radius 3 is 2.58 bits per heavy atom. The van der Waals surface area contributed by atoms with Crippen LogP contribution in [0.4, 0.5) is 0 Å². The predicted molar refractivity (Wildman–Crippen MR) is 51.7 cm³/mol. The molecular weight excluding hydrogens is 220 g/mol. The maximum absolute atomic E-state index is 9.15. The number of alkyl halides is 1. The third-order valence-electron chi connectivity index (χ3n) is 1.36. The van der Waals surface area contributed by atoms with Gasteiger partial charge in [0, 0.05) is 5.33 Å². The van der Waals surface area contributed by atoms with E-state index < -0.39 is 6.10 Å². The number of ether oxygens (including phenoxy) is 1. The molecule has 1 aromatic rings. The molecule has 0 bridgehead atoms. The first-order valence-corrected chi connectivity index (χ1v) is 4.87. The third-order valence-corrected chi connectivity index (χ3v) is 2.11. The van der Waals surface area contributed by atoms with Crippen molar-refractivity contribution in [1.29, 1.82) is 0 Å². The lowest BCUT2D eigenvalue weighted by atomic mass is 10.3. The lowest BCUT2D eigenvalue weighted by Crippen LogP contribution is -2.18. The van der Waals surface area contributed by atoms with Gasteiger partial charge in [0.15, 0.2) is 0 Å². The summed E-state index contributed by atoms with van der Waals surface area (Å²) < 4.78 is 5.28. The summed E-state index contributed by atoms with van der Waals surface area (Å²) in [5, 5.41) is 9.69. The van der Waals surface area contributed by atoms with Gasteiger partial charge in [-0.3, -0.25) is 0 Å². The minimum Gasteiger partial charge on any atom is -0.491 e. The first-order chi connectivity index (χ1) is 5.83. The number of rotatable bonds is 4. The van der Waals surface area contributed by atoms with Crippen LogP contribution in [0.2, 0.25) is 0 Å². The summed E-state index contributed by atoms with van der Waals surface area (Å²) in [5.74, 6) is 0.789. The number of hydrogen-bond donors (Lipinski definition) is 1. The zero-order chi connectivity index (χ0) is 8.81. The van der Waals surface area contributed by atoms with Crippen molar-refractivity contribution < 1.29 is 9.84 Å². The molecule has 1 rings (SSSR count). The molecule has 0 amide bonds. The highest BCUT2D eigenvalue weighted by Crippen LogP contribution is 2.08. The Morgan fingerprint density at radius 1 is 1.33 bits per heavy atom. The van der Waals surface area contributed by atoms with Gasteiger partial charge in [0.05, 0.1) is 6.10 Å². The maximum atomic E-state index is 9.15. The van der Waals surface area contributed by atoms with E-state index in [1.807, 2.05) is 30.3 Å². The molecule has 0 aliphatic rings. The second kappa shape index (κ2) is 5.17. The highest BCUT2D eigenvalue weighted by molar-refractivity contribution is 9.09. The van der Waals surface area contributed by atoms with Crippen LogP contribution in [-0.4, -0.2) is 23.1 Å². The molecule has 0 spiro atoms. The van der Waals surface area contributed by atoms with Crippen LogP contribution >= 0.6 is 15.9 Å². The Hall–Kier alpha value is -0.540. The molecule has 1 atom stereocenters. The van der Waals surface area contributed by atoms with E-state index in [9.17, 15) is 0 Å². The van der Waals surface area contributed by atoms with Crippen LogP contribution < -0.4 is 4.74 Å². The van der Waals surface area contributed by atoms with Crippen molar-refractivity contribution in [3.8, 4) is 5.75 Å². The number of hydrogen-bond acceptors (Lipinski definition) is 2. The standard InChI is InChI=1S/C9H11BrO2/c10-6-8(11)7-12-9-4-2-1-3-5-9/h1-5,8,11H,6-7H2/t8-/m0/s1. The molecule has 3 heteroatoms. The lowest BCUT2D eigenvalue weighted by Gasteiger charge is -2.08. The minimum absolute atomic E-state index is 0.329. The van der Waals surface area contributed by atoms with Crippen molar-refractivity contribution >= 4 is 15.9 Å². The molecule has 0 saturated carbocycles. The van der Waals surface area contributed by atoms with Crippen LogP contribution in [0.3, 0.4) is 0 Å². The van der Waals surface area contributed by atoms with Crippen LogP contribution in [0.15, 0.2) is 30.3 Å². The molecule has 2 nitrogen and oxygen atoms in total. The third kappa shape index (κ3) is 3.24. The second-order valence-electron chi connectivity index (χ2n) is 2.43. The van der Waals surface area contributed by atoms with Crippen LogP contribution in [0.25, 0.3) is 0 Å². The van der Waals surface area contributed by atoms with Crippen molar-refractivity contribution in [2.75, 3.05) is 11.9 Å². The Bertz CT molecular complexity index is 213. The molecule has 0 saturated heterocycles. The van der Waals surface area contributed by atoms with Crippen LogP contribution in [0.5, 0.6) is 5.75 Å². The number of halogens is 1. The van der Waals surface area contributed by atoms with Gasteiger partial charge in [-0.2, -0.15) is 0 Å². The summed E-state index contributed by atoms with van der Waals surface area (Å²) in [5.41, 5.74) is 0. The van der Waals surface area contributed by atoms with Crippen molar-refractivity contribution in [3.05, 3.63) is 30.3 Å². The molecule has 1 aromatic carbocycles. The normalized spacial score (nSPS) is 12.5. The van der Waals surface area contributed by atoms with Gasteiger partial charge in [-0.1, -0.05) is 34.1 Å². The molecule has 66 valence electrons. The molecular formula is C9H11BrO2. The summed E-state index contributed by atoms with van der Waals surface area (Å²) in [6, 6.07) is 9.45. The van der Waals surface area contributed by atoms with E-state index in [4.69, 9.17) is 9.84 Å². The van der Waals surface area contributed by atoms with Gasteiger partial charge in [0.2, 0.25) is 0 Å². The molecule has 0 aliphatic carbocycles. The van der Waals surface area contributed by atoms with Crippen molar-refractivity contribution in [2.45, 2.75) is 6.10 Å². The zero-order valence-electron chi connectivity index (χ0n) is 6.61. The first-order valence-electron chi connectivity index (χ1n) is 3.75. The summed E-state index contributed by atoms with van der Waals surface area (Å²) in [6.07, 6.45) is -0.440. The van der Waals surface area contributed by atoms with E-state index in [1.54, 1.807) is 0 Å². The van der Waals surface area contributed by atoms with E-state index in [0.29, 0.717) is 11.9 Å². The fourth-order valence-electron chi connectivity index (χ4n) is 0.754. The van der Waals surface area contributed by atoms with Gasteiger partial charge >= 0.3 is 0 Å². The predicted octanol–water partition coefficient (Wildman–Crippen LogP) is 1.82. The fraction of sp³-hybridized carbons (Fsp3) is 0.333. The number of benzene rings is 1. The van der Waals surface area contributed by atoms with Gasteiger partial charge in [-0.15, -0.1) is 0 Å². The Labute approximate surface area is 80.3 Å². The smallest absolute Gasteiger partial charge is 0.119 e. The highest BCUT2D eigenvalue weighted by atomic mass is 79.9. The van der Waals surface area contributed by atoms with Crippen LogP contribution in [0.1, 0.15) is 0 Å². The Balaban J connectivity index is 2.33. The van der Waals surface area contributed by atoms with Crippen LogP contribution in [0, 0.1) is 0 Å². The van der Waals surface area contributed by atoms with Crippen molar-refractivity contribution in [3.63, 3.8) is 0 Å². The number of aliphatic hydroxyl groups excluding tert-OH is 1. The average molecular weight is 231 g/mol. The maximum Gasteiger partial charge on any atom is 0.119 e. The summed E-state index contributed by atoms with van der Waals surface area (Å²) in [4.78, 5) is 0. The first kappa shape index (κ1) is 9.55. The van der Waals surface area contributed by atoms with E-state index in [1.165, 1.54) is 0 Å². The summed E-state index contributed by atoms with van der Waals surface area (Å²) in [7, 11) is 0. The van der Waals surface area contributed by atoms with Gasteiger partial charge in [-0.25, -0.2) is 0 Å². The van der Waals surface area contributed by atoms with E-state index >= 15 is 0 Å². The number of para-hydroxylation sites is 1. The Morgan fingerprint density at radius 2 is 2.00 bits per heavy atom. The minimum atomic E-state index is -0.440. The fourth-order valence-corrected chi connectivity index (χ4v) is 0.941. The van der Waals surface area contributed by atoms with Crippen molar-refractivity contribution in [1.82, 2.24) is 0 Å². The topological polar surface area (TPSA) is 29.5 Å². The van der Waals surface area contributed by atoms with Gasteiger partial charge < -0.3 is 9.84 Å². The second-order valence-corrected chi connectivity index (χ2v) is 3.08. The van der Waals surface area contributed by atoms with Gasteiger partial charge in [-0.05, 0) is 12.1 Å². The Kier molecular flexibility index (Phi) is 4.11. The SMILES string of the molecule is O[C@@H](CBr)COc1ccccc1. The van der Waals surface area contributed by atoms with Crippen molar-refractivity contribution in [2.24, 2.45) is 0 Å². The quantitative estimate of drug-likeness (QED) is 0.801. The van der Waals surface area contributed by atoms with E-state index in [-0.39, 0.29) is 0 Å². The molecule has 0 radical (unpaired) electrons. The number of aliphatic hydroxyl groups is 1. The largest absolute Gasteiger partial charge is 0.491 e. The van der Waals surface area contributed by atoms with E-state index in [0.717, 1.165) is 5.75 Å². The molecule has 0 aliphatic heterocycles. The molecule has 0 heterocycles. The van der Waals surface area contributed by atoms with E-state index in [2.05, 4.69) is 15.9 Å². The molecule has 1 N–H and O–H groups in total. The monoisotopic (exact) mass is 230 g/mol. The molecule has 0 aromatic heterocycles. The van der Waals surface area contributed by atoms with Gasteiger partial charge in [0.25, 0.3) is 0 Å². The lowest BCUT2D eigenvalue weighted by molar-refractivity contribution is 0.127. The van der Waals surface area contributed by atoms with Crippen LogP contribution in [-0.2, 0) is 0 Å². The van der Waals surface area contributed by atoms with Gasteiger partial charge in [0.1, 0.15) is 12.4 Å². The average Bonchev–Trinajstić information content (AvgIpc) is 2.16. The molecule has 12 heavy (non-hydrogen) atoms. The summed E-state index contributed by atoms with van der Waals surface area (Å²) in [6.45, 7) is 0.329. The highest BCUT2D eigenvalue weighted by Gasteiger charge is 2.01. The molecule has 0 unspecified atom stereocenters. The summed E-state index contributed by atoms with van der Waals surface area (Å²) >= 11 is 3.16. The molecule has 0 fully saturated rings.